The van der Waals surface area contributed by atoms with Crippen LogP contribution in [0.4, 0.5) is 4.39 Å². The smallest absolute Gasteiger partial charge is 0.244 e. The van der Waals surface area contributed by atoms with Gasteiger partial charge in [0.25, 0.3) is 0 Å². The molecule has 3 rings (SSSR count). The highest BCUT2D eigenvalue weighted by Crippen LogP contribution is 2.27. The minimum absolute atomic E-state index is 0.279. The molecule has 0 saturated carbocycles. The molecule has 0 spiro atoms. The molecule has 0 fully saturated rings. The molecule has 0 radical (unpaired) electrons. The molecule has 28 heavy (non-hydrogen) atoms. The van der Waals surface area contributed by atoms with Crippen LogP contribution in [0.25, 0.3) is 17.4 Å². The van der Waals surface area contributed by atoms with E-state index in [-0.39, 0.29) is 11.7 Å². The third-order valence-corrected chi connectivity index (χ3v) is 4.08. The van der Waals surface area contributed by atoms with Crippen molar-refractivity contribution >= 4 is 12.0 Å². The molecule has 1 N–H and O–H groups in total. The maximum atomic E-state index is 13.8. The first kappa shape index (κ1) is 19.2. The van der Waals surface area contributed by atoms with Crippen LogP contribution in [-0.2, 0) is 11.3 Å². The molecule has 3 aromatic rings. The summed E-state index contributed by atoms with van der Waals surface area (Å²) in [6.45, 7) is 0.335. The topological polar surface area (TPSA) is 60.7 Å². The average Bonchev–Trinajstić information content (AvgIpc) is 3.19. The summed E-state index contributed by atoms with van der Waals surface area (Å²) < 4.78 is 29.8. The summed E-state index contributed by atoms with van der Waals surface area (Å²) >= 11 is 0. The van der Waals surface area contributed by atoms with Gasteiger partial charge in [0, 0.05) is 12.6 Å². The molecule has 2 aromatic carbocycles. The normalized spacial score (nSPS) is 10.8. The standard InChI is InChI=1S/C22H20FNO4/c1-26-20-10-7-15(13-21(20)27-2)14-24-22(25)12-9-16-8-11-19(28-16)17-5-3-4-6-18(17)23/h3-13H,14H2,1-2H3,(H,24,25)/b12-9+. The number of hydrogen-bond donors (Lipinski definition) is 1. The third kappa shape index (κ3) is 4.59. The first-order chi connectivity index (χ1) is 13.6. The van der Waals surface area contributed by atoms with Gasteiger partial charge < -0.3 is 19.2 Å². The van der Waals surface area contributed by atoms with Crippen molar-refractivity contribution in [3.63, 3.8) is 0 Å². The van der Waals surface area contributed by atoms with Gasteiger partial charge in [0.15, 0.2) is 11.5 Å². The lowest BCUT2D eigenvalue weighted by molar-refractivity contribution is -0.116. The Morgan fingerprint density at radius 3 is 2.61 bits per heavy atom. The Labute approximate surface area is 162 Å². The molecule has 1 heterocycles. The number of halogens is 1. The minimum atomic E-state index is -0.361. The Morgan fingerprint density at radius 1 is 1.07 bits per heavy atom. The van der Waals surface area contributed by atoms with Gasteiger partial charge >= 0.3 is 0 Å². The van der Waals surface area contributed by atoms with Crippen LogP contribution >= 0.6 is 0 Å². The van der Waals surface area contributed by atoms with E-state index in [9.17, 15) is 9.18 Å². The van der Waals surface area contributed by atoms with Gasteiger partial charge in [-0.3, -0.25) is 4.79 Å². The number of amides is 1. The number of nitrogens with one attached hydrogen (secondary N) is 1. The molecule has 0 aliphatic carbocycles. The van der Waals surface area contributed by atoms with Crippen LogP contribution < -0.4 is 14.8 Å². The number of ether oxygens (including phenoxy) is 2. The lowest BCUT2D eigenvalue weighted by atomic mass is 10.1. The van der Waals surface area contributed by atoms with Gasteiger partial charge in [-0.05, 0) is 48.0 Å². The zero-order valence-electron chi connectivity index (χ0n) is 15.6. The molecule has 0 aliphatic rings. The SMILES string of the molecule is COc1ccc(CNC(=O)/C=C/c2ccc(-c3ccccc3F)o2)cc1OC. The molecular weight excluding hydrogens is 361 g/mol. The van der Waals surface area contributed by atoms with E-state index in [1.165, 1.54) is 18.2 Å². The van der Waals surface area contributed by atoms with Crippen molar-refractivity contribution < 1.29 is 23.1 Å². The Kier molecular flexibility index (Phi) is 6.11. The maximum absolute atomic E-state index is 13.8. The molecule has 144 valence electrons. The second kappa shape index (κ2) is 8.90. The Bertz CT molecular complexity index is 994. The second-order valence-corrected chi connectivity index (χ2v) is 5.92. The molecule has 0 saturated heterocycles. The number of benzene rings is 2. The molecule has 6 heteroatoms. The van der Waals surface area contributed by atoms with E-state index in [0.717, 1.165) is 5.56 Å². The highest BCUT2D eigenvalue weighted by Gasteiger charge is 2.08. The van der Waals surface area contributed by atoms with E-state index in [4.69, 9.17) is 13.9 Å². The highest BCUT2D eigenvalue weighted by atomic mass is 19.1. The van der Waals surface area contributed by atoms with Crippen molar-refractivity contribution in [2.45, 2.75) is 6.54 Å². The molecule has 0 aliphatic heterocycles. The number of hydrogen-bond acceptors (Lipinski definition) is 4. The first-order valence-electron chi connectivity index (χ1n) is 8.62. The van der Waals surface area contributed by atoms with E-state index >= 15 is 0 Å². The van der Waals surface area contributed by atoms with Crippen molar-refractivity contribution in [2.24, 2.45) is 0 Å². The van der Waals surface area contributed by atoms with Crippen molar-refractivity contribution in [3.8, 4) is 22.8 Å². The van der Waals surface area contributed by atoms with Gasteiger partial charge in [0.2, 0.25) is 5.91 Å². The zero-order valence-corrected chi connectivity index (χ0v) is 15.6. The van der Waals surface area contributed by atoms with E-state index in [2.05, 4.69) is 5.32 Å². The number of rotatable bonds is 7. The minimum Gasteiger partial charge on any atom is -0.493 e. The van der Waals surface area contributed by atoms with Crippen molar-refractivity contribution in [1.29, 1.82) is 0 Å². The fraction of sp³-hybridized carbons (Fsp3) is 0.136. The van der Waals surface area contributed by atoms with Crippen molar-refractivity contribution in [3.05, 3.63) is 77.8 Å². The van der Waals surface area contributed by atoms with Gasteiger partial charge in [-0.15, -0.1) is 0 Å². The summed E-state index contributed by atoms with van der Waals surface area (Å²) in [6.07, 6.45) is 2.90. The summed E-state index contributed by atoms with van der Waals surface area (Å²) in [4.78, 5) is 12.0. The summed E-state index contributed by atoms with van der Waals surface area (Å²) in [7, 11) is 3.12. The van der Waals surface area contributed by atoms with Crippen LogP contribution in [0.5, 0.6) is 11.5 Å². The van der Waals surface area contributed by atoms with Gasteiger partial charge in [-0.2, -0.15) is 0 Å². The maximum Gasteiger partial charge on any atom is 0.244 e. The molecule has 1 aromatic heterocycles. The largest absolute Gasteiger partial charge is 0.493 e. The van der Waals surface area contributed by atoms with Gasteiger partial charge in [-0.1, -0.05) is 18.2 Å². The first-order valence-corrected chi connectivity index (χ1v) is 8.62. The monoisotopic (exact) mass is 381 g/mol. The molecule has 0 atom stereocenters. The Hall–Kier alpha value is -3.54. The predicted octanol–water partition coefficient (Wildman–Crippen LogP) is 4.43. The molecule has 1 amide bonds. The molecular formula is C22H20FNO4. The summed E-state index contributed by atoms with van der Waals surface area (Å²) in [6, 6.07) is 15.1. The summed E-state index contributed by atoms with van der Waals surface area (Å²) in [5.41, 5.74) is 1.25. The van der Waals surface area contributed by atoms with E-state index < -0.39 is 0 Å². The number of carbonyl (C=O) groups is 1. The van der Waals surface area contributed by atoms with E-state index in [1.54, 1.807) is 56.7 Å². The number of methoxy groups -OCH3 is 2. The van der Waals surface area contributed by atoms with Crippen LogP contribution in [0.1, 0.15) is 11.3 Å². The van der Waals surface area contributed by atoms with Crippen LogP contribution in [0.3, 0.4) is 0 Å². The quantitative estimate of drug-likeness (QED) is 0.615. The molecule has 0 unspecified atom stereocenters. The summed E-state index contributed by atoms with van der Waals surface area (Å²) in [5, 5.41) is 2.78. The van der Waals surface area contributed by atoms with Crippen molar-refractivity contribution in [1.82, 2.24) is 5.32 Å². The van der Waals surface area contributed by atoms with E-state index in [0.29, 0.717) is 35.1 Å². The highest BCUT2D eigenvalue weighted by molar-refractivity contribution is 5.91. The van der Waals surface area contributed by atoms with Crippen molar-refractivity contribution in [2.75, 3.05) is 14.2 Å². The van der Waals surface area contributed by atoms with E-state index in [1.807, 2.05) is 6.07 Å². The lowest BCUT2D eigenvalue weighted by Gasteiger charge is -2.09. The predicted molar refractivity (Wildman–Crippen MR) is 105 cm³/mol. The van der Waals surface area contributed by atoms with Crippen LogP contribution in [0.15, 0.2) is 65.1 Å². The van der Waals surface area contributed by atoms with Gasteiger partial charge in [-0.25, -0.2) is 4.39 Å². The molecule has 5 nitrogen and oxygen atoms in total. The average molecular weight is 381 g/mol. The fourth-order valence-electron chi connectivity index (χ4n) is 2.64. The van der Waals surface area contributed by atoms with Gasteiger partial charge in [0.1, 0.15) is 17.3 Å². The van der Waals surface area contributed by atoms with Crippen LogP contribution in [0.2, 0.25) is 0 Å². The number of furan rings is 1. The zero-order chi connectivity index (χ0) is 19.9. The Morgan fingerprint density at radius 2 is 1.86 bits per heavy atom. The third-order valence-electron chi connectivity index (χ3n) is 4.08. The lowest BCUT2D eigenvalue weighted by Crippen LogP contribution is -2.20. The van der Waals surface area contributed by atoms with Gasteiger partial charge in [0.05, 0.1) is 19.8 Å². The van der Waals surface area contributed by atoms with Crippen LogP contribution in [0, 0.1) is 5.82 Å². The summed E-state index contributed by atoms with van der Waals surface area (Å²) in [5.74, 6) is 1.45. The van der Waals surface area contributed by atoms with Crippen LogP contribution in [-0.4, -0.2) is 20.1 Å². The fourth-order valence-corrected chi connectivity index (χ4v) is 2.64. The second-order valence-electron chi connectivity index (χ2n) is 5.92. The number of carbonyl (C=O) groups excluding carboxylic acids is 1. The molecule has 0 bridgehead atoms. The Balaban J connectivity index is 1.60.